The summed E-state index contributed by atoms with van der Waals surface area (Å²) in [5.74, 6) is 0.465. The van der Waals surface area contributed by atoms with Crippen LogP contribution in [0.25, 0.3) is 11.3 Å². The first kappa shape index (κ1) is 17.1. The average Bonchev–Trinajstić information content (AvgIpc) is 3.05. The van der Waals surface area contributed by atoms with Crippen molar-refractivity contribution in [3.63, 3.8) is 0 Å². The Kier molecular flexibility index (Phi) is 5.60. The number of benzene rings is 1. The standard InChI is InChI=1S/C18H26N4O2/c1-14-4-6-16(7-5-14)18-11-22(20-19-18)10-15-3-2-8-21(9-15)17(12-23)13-24/h4-7,11,15,17,23-24H,2-3,8-10,12-13H2,1H3/t15-/m0/s1. The number of hydrogen-bond donors (Lipinski definition) is 2. The van der Waals surface area contributed by atoms with E-state index in [-0.39, 0.29) is 19.3 Å². The van der Waals surface area contributed by atoms with Crippen LogP contribution in [0.2, 0.25) is 0 Å². The predicted octanol–water partition coefficient (Wildman–Crippen LogP) is 1.32. The molecule has 2 N–H and O–H groups in total. The quantitative estimate of drug-likeness (QED) is 0.835. The van der Waals surface area contributed by atoms with Crippen molar-refractivity contribution in [3.8, 4) is 11.3 Å². The Labute approximate surface area is 142 Å². The lowest BCUT2D eigenvalue weighted by Crippen LogP contribution is -2.47. The van der Waals surface area contributed by atoms with Crippen molar-refractivity contribution in [2.24, 2.45) is 5.92 Å². The molecule has 0 bridgehead atoms. The molecule has 1 fully saturated rings. The summed E-state index contributed by atoms with van der Waals surface area (Å²) in [4.78, 5) is 2.19. The highest BCUT2D eigenvalue weighted by Crippen LogP contribution is 2.21. The molecule has 0 saturated carbocycles. The number of nitrogens with zero attached hydrogens (tertiary/aromatic N) is 4. The Morgan fingerprint density at radius 3 is 2.67 bits per heavy atom. The zero-order chi connectivity index (χ0) is 16.9. The highest BCUT2D eigenvalue weighted by atomic mass is 16.3. The second kappa shape index (κ2) is 7.88. The Hall–Kier alpha value is -1.76. The molecule has 1 saturated heterocycles. The first-order valence-corrected chi connectivity index (χ1v) is 8.62. The monoisotopic (exact) mass is 330 g/mol. The number of hydrogen-bond acceptors (Lipinski definition) is 5. The summed E-state index contributed by atoms with van der Waals surface area (Å²) in [7, 11) is 0. The van der Waals surface area contributed by atoms with E-state index >= 15 is 0 Å². The van der Waals surface area contributed by atoms with E-state index in [1.165, 1.54) is 5.56 Å². The Morgan fingerprint density at radius 1 is 1.21 bits per heavy atom. The van der Waals surface area contributed by atoms with Gasteiger partial charge in [-0.3, -0.25) is 9.58 Å². The molecule has 1 aromatic heterocycles. The fourth-order valence-corrected chi connectivity index (χ4v) is 3.38. The largest absolute Gasteiger partial charge is 0.395 e. The first-order valence-electron chi connectivity index (χ1n) is 8.62. The van der Waals surface area contributed by atoms with E-state index in [1.54, 1.807) is 0 Å². The van der Waals surface area contributed by atoms with Crippen LogP contribution in [-0.4, -0.2) is 62.5 Å². The normalized spacial score (nSPS) is 19.1. The van der Waals surface area contributed by atoms with Crippen LogP contribution in [0.5, 0.6) is 0 Å². The molecule has 0 radical (unpaired) electrons. The number of piperidine rings is 1. The summed E-state index contributed by atoms with van der Waals surface area (Å²) in [6.07, 6.45) is 4.22. The summed E-state index contributed by atoms with van der Waals surface area (Å²) < 4.78 is 1.91. The fraction of sp³-hybridized carbons (Fsp3) is 0.556. The molecule has 24 heavy (non-hydrogen) atoms. The molecule has 3 rings (SSSR count). The van der Waals surface area contributed by atoms with Gasteiger partial charge in [-0.2, -0.15) is 0 Å². The topological polar surface area (TPSA) is 74.4 Å². The van der Waals surface area contributed by atoms with Crippen LogP contribution in [0, 0.1) is 12.8 Å². The van der Waals surface area contributed by atoms with Gasteiger partial charge in [-0.15, -0.1) is 5.10 Å². The van der Waals surface area contributed by atoms with Gasteiger partial charge in [0.15, 0.2) is 0 Å². The van der Waals surface area contributed by atoms with Crippen LogP contribution in [0.1, 0.15) is 18.4 Å². The van der Waals surface area contributed by atoms with Gasteiger partial charge < -0.3 is 10.2 Å². The van der Waals surface area contributed by atoms with Crippen LogP contribution >= 0.6 is 0 Å². The van der Waals surface area contributed by atoms with Crippen molar-refractivity contribution in [1.29, 1.82) is 0 Å². The molecule has 6 nitrogen and oxygen atoms in total. The average molecular weight is 330 g/mol. The molecule has 0 amide bonds. The number of aliphatic hydroxyl groups excluding tert-OH is 2. The molecule has 1 atom stereocenters. The molecule has 6 heteroatoms. The molecule has 1 aromatic carbocycles. The Morgan fingerprint density at radius 2 is 1.96 bits per heavy atom. The van der Waals surface area contributed by atoms with E-state index in [0.29, 0.717) is 5.92 Å². The van der Waals surface area contributed by atoms with Gasteiger partial charge in [-0.1, -0.05) is 35.0 Å². The first-order chi connectivity index (χ1) is 11.7. The van der Waals surface area contributed by atoms with Crippen molar-refractivity contribution < 1.29 is 10.2 Å². The lowest BCUT2D eigenvalue weighted by Gasteiger charge is -2.36. The van der Waals surface area contributed by atoms with E-state index in [0.717, 1.165) is 43.7 Å². The lowest BCUT2D eigenvalue weighted by molar-refractivity contribution is 0.0404. The van der Waals surface area contributed by atoms with Gasteiger partial charge in [0.05, 0.1) is 25.5 Å². The van der Waals surface area contributed by atoms with Crippen molar-refractivity contribution in [3.05, 3.63) is 36.0 Å². The predicted molar refractivity (Wildman–Crippen MR) is 92.5 cm³/mol. The van der Waals surface area contributed by atoms with Gasteiger partial charge in [-0.05, 0) is 32.2 Å². The van der Waals surface area contributed by atoms with Gasteiger partial charge in [0.25, 0.3) is 0 Å². The third-order valence-corrected chi connectivity index (χ3v) is 4.82. The molecule has 0 unspecified atom stereocenters. The number of aliphatic hydroxyl groups is 2. The van der Waals surface area contributed by atoms with E-state index < -0.39 is 0 Å². The van der Waals surface area contributed by atoms with E-state index in [4.69, 9.17) is 0 Å². The van der Waals surface area contributed by atoms with Crippen LogP contribution in [0.3, 0.4) is 0 Å². The number of aromatic nitrogens is 3. The maximum absolute atomic E-state index is 9.37. The molecule has 0 aliphatic carbocycles. The second-order valence-electron chi connectivity index (χ2n) is 6.71. The van der Waals surface area contributed by atoms with Crippen LogP contribution in [0.4, 0.5) is 0 Å². The molecule has 130 valence electrons. The van der Waals surface area contributed by atoms with Gasteiger partial charge in [0.2, 0.25) is 0 Å². The summed E-state index contributed by atoms with van der Waals surface area (Å²) in [6, 6.07) is 8.15. The minimum atomic E-state index is -0.147. The minimum absolute atomic E-state index is 0.00408. The fourth-order valence-electron chi connectivity index (χ4n) is 3.38. The third-order valence-electron chi connectivity index (χ3n) is 4.82. The zero-order valence-corrected chi connectivity index (χ0v) is 14.2. The molecule has 1 aliphatic rings. The zero-order valence-electron chi connectivity index (χ0n) is 14.2. The van der Waals surface area contributed by atoms with Crippen molar-refractivity contribution in [2.75, 3.05) is 26.3 Å². The lowest BCUT2D eigenvalue weighted by atomic mass is 9.97. The van der Waals surface area contributed by atoms with Crippen LogP contribution in [0.15, 0.2) is 30.5 Å². The van der Waals surface area contributed by atoms with Crippen molar-refractivity contribution in [1.82, 2.24) is 19.9 Å². The summed E-state index contributed by atoms with van der Waals surface area (Å²) in [5, 5.41) is 27.3. The molecule has 0 spiro atoms. The maximum atomic E-state index is 9.37. The maximum Gasteiger partial charge on any atom is 0.113 e. The van der Waals surface area contributed by atoms with Crippen molar-refractivity contribution >= 4 is 0 Å². The molecule has 2 aromatic rings. The van der Waals surface area contributed by atoms with Gasteiger partial charge in [0, 0.05) is 18.7 Å². The van der Waals surface area contributed by atoms with Crippen molar-refractivity contribution in [2.45, 2.75) is 32.4 Å². The summed E-state index contributed by atoms with van der Waals surface area (Å²) >= 11 is 0. The van der Waals surface area contributed by atoms with Gasteiger partial charge in [0.1, 0.15) is 5.69 Å². The van der Waals surface area contributed by atoms with Gasteiger partial charge >= 0.3 is 0 Å². The highest BCUT2D eigenvalue weighted by Gasteiger charge is 2.25. The molecule has 2 heterocycles. The molecule has 1 aliphatic heterocycles. The minimum Gasteiger partial charge on any atom is -0.395 e. The number of likely N-dealkylation sites (tertiary alicyclic amines) is 1. The number of aryl methyl sites for hydroxylation is 1. The summed E-state index contributed by atoms with van der Waals surface area (Å²) in [5.41, 5.74) is 3.21. The third kappa shape index (κ3) is 4.01. The van der Waals surface area contributed by atoms with Crippen LogP contribution in [-0.2, 0) is 6.54 Å². The second-order valence-corrected chi connectivity index (χ2v) is 6.71. The van der Waals surface area contributed by atoms with Gasteiger partial charge in [-0.25, -0.2) is 0 Å². The SMILES string of the molecule is Cc1ccc(-c2cn(C[C@H]3CCCN(C(CO)CO)C3)nn2)cc1. The van der Waals surface area contributed by atoms with E-state index in [9.17, 15) is 10.2 Å². The molecular formula is C18H26N4O2. The smallest absolute Gasteiger partial charge is 0.113 e. The Balaban J connectivity index is 1.63. The van der Waals surface area contributed by atoms with E-state index in [1.807, 2.05) is 10.9 Å². The van der Waals surface area contributed by atoms with E-state index in [2.05, 4.69) is 46.4 Å². The highest BCUT2D eigenvalue weighted by molar-refractivity contribution is 5.57. The molecular weight excluding hydrogens is 304 g/mol. The van der Waals surface area contributed by atoms with Crippen LogP contribution < -0.4 is 0 Å². The Bertz CT molecular complexity index is 637. The summed E-state index contributed by atoms with van der Waals surface area (Å²) in [6.45, 7) is 4.72. The number of rotatable bonds is 6.